The van der Waals surface area contributed by atoms with Crippen LogP contribution in [-0.4, -0.2) is 9.36 Å². The fourth-order valence-electron chi connectivity index (χ4n) is 1.04. The molecule has 0 amide bonds. The Balaban J connectivity index is 2.47. The zero-order valence-electron chi connectivity index (χ0n) is 7.29. The summed E-state index contributed by atoms with van der Waals surface area (Å²) < 4.78 is 4.10. The Morgan fingerprint density at radius 2 is 2.00 bits per heavy atom. The smallest absolute Gasteiger partial charge is 0.144 e. The number of hydrogen-bond acceptors (Lipinski definition) is 3. The SMILES string of the molecule is Cc1nsc(-c2ccc(Cl)c(Cl)c2)n1. The summed E-state index contributed by atoms with van der Waals surface area (Å²) in [6, 6.07) is 5.44. The van der Waals surface area contributed by atoms with Crippen molar-refractivity contribution in [2.45, 2.75) is 6.92 Å². The lowest BCUT2D eigenvalue weighted by Gasteiger charge is -1.97. The molecule has 0 aliphatic heterocycles. The molecule has 0 radical (unpaired) electrons. The molecule has 72 valence electrons. The van der Waals surface area contributed by atoms with Crippen LogP contribution in [0.5, 0.6) is 0 Å². The van der Waals surface area contributed by atoms with Crippen molar-refractivity contribution in [3.8, 4) is 10.6 Å². The molecule has 14 heavy (non-hydrogen) atoms. The minimum absolute atomic E-state index is 0.539. The predicted octanol–water partition coefficient (Wildman–Crippen LogP) is 3.82. The highest BCUT2D eigenvalue weighted by Gasteiger charge is 2.05. The summed E-state index contributed by atoms with van der Waals surface area (Å²) in [7, 11) is 0. The summed E-state index contributed by atoms with van der Waals surface area (Å²) in [6.07, 6.45) is 0. The van der Waals surface area contributed by atoms with Gasteiger partial charge in [0.2, 0.25) is 0 Å². The monoisotopic (exact) mass is 244 g/mol. The Bertz CT molecular complexity index is 468. The van der Waals surface area contributed by atoms with Crippen LogP contribution in [0, 0.1) is 6.92 Å². The Kier molecular flexibility index (Phi) is 2.72. The van der Waals surface area contributed by atoms with E-state index in [4.69, 9.17) is 23.2 Å². The number of hydrogen-bond donors (Lipinski definition) is 0. The number of aryl methyl sites for hydroxylation is 1. The highest BCUT2D eigenvalue weighted by Crippen LogP contribution is 2.29. The number of benzene rings is 1. The first-order chi connectivity index (χ1) is 6.66. The van der Waals surface area contributed by atoms with Gasteiger partial charge in [0.05, 0.1) is 10.0 Å². The molecule has 0 aliphatic rings. The van der Waals surface area contributed by atoms with Crippen LogP contribution in [0.2, 0.25) is 10.0 Å². The Morgan fingerprint density at radius 3 is 2.57 bits per heavy atom. The minimum atomic E-state index is 0.539. The zero-order valence-corrected chi connectivity index (χ0v) is 9.62. The Morgan fingerprint density at radius 1 is 1.21 bits per heavy atom. The van der Waals surface area contributed by atoms with Crippen LogP contribution in [-0.2, 0) is 0 Å². The van der Waals surface area contributed by atoms with E-state index in [1.165, 1.54) is 11.5 Å². The zero-order chi connectivity index (χ0) is 10.1. The highest BCUT2D eigenvalue weighted by atomic mass is 35.5. The summed E-state index contributed by atoms with van der Waals surface area (Å²) >= 11 is 13.1. The maximum absolute atomic E-state index is 5.90. The third kappa shape index (κ3) is 1.90. The lowest BCUT2D eigenvalue weighted by Crippen LogP contribution is -1.78. The van der Waals surface area contributed by atoms with Crippen molar-refractivity contribution in [2.75, 3.05) is 0 Å². The van der Waals surface area contributed by atoms with Crippen LogP contribution >= 0.6 is 34.7 Å². The van der Waals surface area contributed by atoms with Gasteiger partial charge in [-0.15, -0.1) is 0 Å². The number of nitrogens with zero attached hydrogens (tertiary/aromatic N) is 2. The fraction of sp³-hybridized carbons (Fsp3) is 0.111. The molecule has 0 aliphatic carbocycles. The molecule has 0 bridgehead atoms. The molecule has 0 N–H and O–H groups in total. The first-order valence-corrected chi connectivity index (χ1v) is 5.45. The maximum atomic E-state index is 5.90. The van der Waals surface area contributed by atoms with Crippen LogP contribution < -0.4 is 0 Å². The van der Waals surface area contributed by atoms with E-state index in [-0.39, 0.29) is 0 Å². The van der Waals surface area contributed by atoms with E-state index in [1.807, 2.05) is 13.0 Å². The van der Waals surface area contributed by atoms with Gasteiger partial charge in [0, 0.05) is 5.56 Å². The average molecular weight is 245 g/mol. The lowest BCUT2D eigenvalue weighted by atomic mass is 10.2. The molecule has 1 aromatic carbocycles. The molecular weight excluding hydrogens is 239 g/mol. The molecule has 0 atom stereocenters. The second kappa shape index (κ2) is 3.85. The number of rotatable bonds is 1. The third-order valence-electron chi connectivity index (χ3n) is 1.69. The van der Waals surface area contributed by atoms with Crippen molar-refractivity contribution in [1.82, 2.24) is 9.36 Å². The predicted molar refractivity (Wildman–Crippen MR) is 60.1 cm³/mol. The first-order valence-electron chi connectivity index (χ1n) is 3.92. The minimum Gasteiger partial charge on any atom is -0.220 e. The van der Waals surface area contributed by atoms with Gasteiger partial charge in [-0.25, -0.2) is 4.98 Å². The van der Waals surface area contributed by atoms with Gasteiger partial charge in [-0.3, -0.25) is 0 Å². The summed E-state index contributed by atoms with van der Waals surface area (Å²) in [5.41, 5.74) is 0.949. The third-order valence-corrected chi connectivity index (χ3v) is 3.29. The first kappa shape index (κ1) is 9.90. The molecule has 1 heterocycles. The van der Waals surface area contributed by atoms with Crippen molar-refractivity contribution in [1.29, 1.82) is 0 Å². The molecule has 2 rings (SSSR count). The van der Waals surface area contributed by atoms with Crippen LogP contribution in [0.1, 0.15) is 5.82 Å². The van der Waals surface area contributed by atoms with Crippen molar-refractivity contribution in [2.24, 2.45) is 0 Å². The molecule has 0 unspecified atom stereocenters. The fourth-order valence-corrected chi connectivity index (χ4v) is 2.01. The number of halogens is 2. The van der Waals surface area contributed by atoms with E-state index < -0.39 is 0 Å². The van der Waals surface area contributed by atoms with Crippen LogP contribution in [0.25, 0.3) is 10.6 Å². The van der Waals surface area contributed by atoms with Gasteiger partial charge < -0.3 is 0 Å². The quantitative estimate of drug-likeness (QED) is 0.763. The van der Waals surface area contributed by atoms with Gasteiger partial charge in [0.15, 0.2) is 0 Å². The summed E-state index contributed by atoms with van der Waals surface area (Å²) in [5.74, 6) is 0.774. The molecular formula is C9H6Cl2N2S. The van der Waals surface area contributed by atoms with E-state index in [9.17, 15) is 0 Å². The van der Waals surface area contributed by atoms with Crippen molar-refractivity contribution < 1.29 is 0 Å². The van der Waals surface area contributed by atoms with E-state index in [0.29, 0.717) is 10.0 Å². The lowest BCUT2D eigenvalue weighted by molar-refractivity contribution is 1.17. The van der Waals surface area contributed by atoms with E-state index in [2.05, 4.69) is 9.36 Å². The highest BCUT2D eigenvalue weighted by molar-refractivity contribution is 7.09. The largest absolute Gasteiger partial charge is 0.220 e. The Hall–Kier alpha value is -0.640. The average Bonchev–Trinajstić information content (AvgIpc) is 2.57. The topological polar surface area (TPSA) is 25.8 Å². The van der Waals surface area contributed by atoms with Gasteiger partial charge in [-0.1, -0.05) is 29.3 Å². The van der Waals surface area contributed by atoms with E-state index in [1.54, 1.807) is 12.1 Å². The second-order valence-corrected chi connectivity index (χ2v) is 4.34. The van der Waals surface area contributed by atoms with E-state index >= 15 is 0 Å². The molecule has 0 saturated heterocycles. The molecule has 0 fully saturated rings. The summed E-state index contributed by atoms with van der Waals surface area (Å²) in [4.78, 5) is 4.26. The second-order valence-electron chi connectivity index (χ2n) is 2.78. The summed E-state index contributed by atoms with van der Waals surface area (Å²) in [5, 5.41) is 1.95. The summed E-state index contributed by atoms with van der Waals surface area (Å²) in [6.45, 7) is 1.86. The maximum Gasteiger partial charge on any atom is 0.144 e. The van der Waals surface area contributed by atoms with Crippen LogP contribution in [0.4, 0.5) is 0 Å². The molecule has 2 nitrogen and oxygen atoms in total. The molecule has 5 heteroatoms. The van der Waals surface area contributed by atoms with Crippen LogP contribution in [0.3, 0.4) is 0 Å². The van der Waals surface area contributed by atoms with Gasteiger partial charge in [0.25, 0.3) is 0 Å². The van der Waals surface area contributed by atoms with Crippen molar-refractivity contribution >= 4 is 34.7 Å². The van der Waals surface area contributed by atoms with Gasteiger partial charge >= 0.3 is 0 Å². The van der Waals surface area contributed by atoms with Gasteiger partial charge in [0.1, 0.15) is 10.8 Å². The molecule has 0 saturated carbocycles. The molecule has 0 spiro atoms. The Labute approximate surface area is 95.7 Å². The van der Waals surface area contributed by atoms with E-state index in [0.717, 1.165) is 16.4 Å². The molecule has 1 aromatic heterocycles. The van der Waals surface area contributed by atoms with Crippen molar-refractivity contribution in [3.05, 3.63) is 34.1 Å². The van der Waals surface area contributed by atoms with Gasteiger partial charge in [-0.05, 0) is 30.6 Å². The van der Waals surface area contributed by atoms with Gasteiger partial charge in [-0.2, -0.15) is 4.37 Å². The normalized spacial score (nSPS) is 10.5. The molecule has 2 aromatic rings. The van der Waals surface area contributed by atoms with Crippen LogP contribution in [0.15, 0.2) is 18.2 Å². The number of aromatic nitrogens is 2. The standard InChI is InChI=1S/C9H6Cl2N2S/c1-5-12-9(14-13-5)6-2-3-7(10)8(11)4-6/h2-4H,1H3. The van der Waals surface area contributed by atoms with Crippen molar-refractivity contribution in [3.63, 3.8) is 0 Å².